The van der Waals surface area contributed by atoms with Crippen LogP contribution in [0.3, 0.4) is 0 Å². The van der Waals surface area contributed by atoms with Crippen molar-refractivity contribution in [3.8, 4) is 0 Å². The molecule has 0 spiro atoms. The Morgan fingerprint density at radius 1 is 1.00 bits per heavy atom. The van der Waals surface area contributed by atoms with Gasteiger partial charge in [0.2, 0.25) is 5.91 Å². The van der Waals surface area contributed by atoms with E-state index in [1.807, 2.05) is 12.1 Å². The number of benzene rings is 2. The van der Waals surface area contributed by atoms with Gasteiger partial charge in [-0.05, 0) is 23.9 Å². The zero-order valence-corrected chi connectivity index (χ0v) is 13.7. The van der Waals surface area contributed by atoms with Crippen LogP contribution in [0.25, 0.3) is 10.8 Å². The van der Waals surface area contributed by atoms with Gasteiger partial charge in [0, 0.05) is 23.1 Å². The number of nitrogens with one attached hydrogen (secondary N) is 1. The number of carbonyl (C=O) groups is 3. The van der Waals surface area contributed by atoms with Crippen LogP contribution in [0.15, 0.2) is 36.4 Å². The number of hydrogen-bond acceptors (Lipinski definition) is 3. The van der Waals surface area contributed by atoms with Gasteiger partial charge in [0.25, 0.3) is 11.8 Å². The molecule has 0 radical (unpaired) electrons. The monoisotopic (exact) mass is 324 g/mol. The zero-order chi connectivity index (χ0) is 17.1. The first-order chi connectivity index (χ1) is 11.6. The van der Waals surface area contributed by atoms with Crippen LogP contribution in [0.1, 0.15) is 46.9 Å². The lowest BCUT2D eigenvalue weighted by atomic mass is 9.94. The van der Waals surface area contributed by atoms with E-state index >= 15 is 0 Å². The molecule has 1 heterocycles. The van der Waals surface area contributed by atoms with E-state index in [1.54, 1.807) is 24.3 Å². The molecule has 0 fully saturated rings. The van der Waals surface area contributed by atoms with Crippen molar-refractivity contribution in [2.75, 3.05) is 13.1 Å². The molecule has 1 aliphatic heterocycles. The first-order valence-electron chi connectivity index (χ1n) is 8.28. The molecule has 0 aromatic heterocycles. The van der Waals surface area contributed by atoms with Gasteiger partial charge in [0.1, 0.15) is 6.54 Å². The molecular formula is C19H20N2O3. The minimum atomic E-state index is -0.409. The second kappa shape index (κ2) is 6.83. The molecule has 0 aliphatic carbocycles. The predicted molar refractivity (Wildman–Crippen MR) is 91.8 cm³/mol. The molecule has 3 amide bonds. The molecule has 1 aliphatic rings. The third kappa shape index (κ3) is 2.89. The molecule has 2 aromatic carbocycles. The van der Waals surface area contributed by atoms with E-state index in [4.69, 9.17) is 0 Å². The number of nitrogens with zero attached hydrogens (tertiary/aromatic N) is 1. The third-order valence-electron chi connectivity index (χ3n) is 4.26. The third-order valence-corrected chi connectivity index (χ3v) is 4.26. The summed E-state index contributed by atoms with van der Waals surface area (Å²) in [6.45, 7) is 2.41. The molecule has 5 heteroatoms. The van der Waals surface area contributed by atoms with Crippen LogP contribution in [0.4, 0.5) is 0 Å². The van der Waals surface area contributed by atoms with Crippen molar-refractivity contribution >= 4 is 28.5 Å². The number of amides is 3. The Balaban J connectivity index is 1.81. The lowest BCUT2D eigenvalue weighted by molar-refractivity contribution is -0.121. The summed E-state index contributed by atoms with van der Waals surface area (Å²) < 4.78 is 0. The molecule has 24 heavy (non-hydrogen) atoms. The average molecular weight is 324 g/mol. The summed E-state index contributed by atoms with van der Waals surface area (Å²) in [5.41, 5.74) is 0.947. The second-order valence-electron chi connectivity index (χ2n) is 5.96. The Bertz CT molecular complexity index is 763. The molecule has 124 valence electrons. The lowest BCUT2D eigenvalue weighted by Crippen LogP contribution is -2.46. The first kappa shape index (κ1) is 16.2. The second-order valence-corrected chi connectivity index (χ2v) is 5.96. The maximum absolute atomic E-state index is 12.7. The van der Waals surface area contributed by atoms with E-state index in [-0.39, 0.29) is 12.5 Å². The topological polar surface area (TPSA) is 66.5 Å². The quantitative estimate of drug-likeness (QED) is 0.656. The number of rotatable bonds is 6. The summed E-state index contributed by atoms with van der Waals surface area (Å²) in [6.07, 6.45) is 3.00. The molecular weight excluding hydrogens is 304 g/mol. The van der Waals surface area contributed by atoms with Gasteiger partial charge in [0.15, 0.2) is 0 Å². The van der Waals surface area contributed by atoms with E-state index in [1.165, 1.54) is 0 Å². The van der Waals surface area contributed by atoms with Gasteiger partial charge in [-0.25, -0.2) is 0 Å². The molecule has 0 saturated heterocycles. The van der Waals surface area contributed by atoms with Crippen molar-refractivity contribution in [2.45, 2.75) is 26.2 Å². The van der Waals surface area contributed by atoms with Gasteiger partial charge >= 0.3 is 0 Å². The summed E-state index contributed by atoms with van der Waals surface area (Å²) in [7, 11) is 0. The van der Waals surface area contributed by atoms with Gasteiger partial charge in [-0.3, -0.25) is 19.3 Å². The minimum absolute atomic E-state index is 0.242. The highest BCUT2D eigenvalue weighted by Crippen LogP contribution is 2.29. The number of unbranched alkanes of at least 4 members (excludes halogenated alkanes) is 2. The number of carbonyl (C=O) groups excluding carboxylic acids is 3. The van der Waals surface area contributed by atoms with E-state index in [9.17, 15) is 14.4 Å². The fourth-order valence-electron chi connectivity index (χ4n) is 3.03. The normalized spacial score (nSPS) is 13.5. The van der Waals surface area contributed by atoms with Crippen LogP contribution in [-0.4, -0.2) is 35.7 Å². The van der Waals surface area contributed by atoms with E-state index in [2.05, 4.69) is 12.2 Å². The van der Waals surface area contributed by atoms with Crippen molar-refractivity contribution in [3.05, 3.63) is 47.5 Å². The Kier molecular flexibility index (Phi) is 4.60. The largest absolute Gasteiger partial charge is 0.355 e. The molecule has 0 bridgehead atoms. The van der Waals surface area contributed by atoms with Crippen LogP contribution in [0.5, 0.6) is 0 Å². The molecule has 2 aromatic rings. The summed E-state index contributed by atoms with van der Waals surface area (Å²) in [5, 5.41) is 4.30. The van der Waals surface area contributed by atoms with Crippen molar-refractivity contribution < 1.29 is 14.4 Å². The maximum atomic E-state index is 12.7. The summed E-state index contributed by atoms with van der Waals surface area (Å²) >= 11 is 0. The smallest absolute Gasteiger partial charge is 0.261 e. The van der Waals surface area contributed by atoms with Crippen molar-refractivity contribution in [3.63, 3.8) is 0 Å². The average Bonchev–Trinajstić information content (AvgIpc) is 2.60. The standard InChI is InChI=1S/C19H20N2O3/c1-2-3-4-11-20-16(22)12-21-18(23)14-9-5-7-13-8-6-10-15(17(13)14)19(21)24/h5-10H,2-4,11-12H2,1H3,(H,20,22). The highest BCUT2D eigenvalue weighted by Gasteiger charge is 2.33. The maximum Gasteiger partial charge on any atom is 0.261 e. The van der Waals surface area contributed by atoms with Gasteiger partial charge in [-0.2, -0.15) is 0 Å². The van der Waals surface area contributed by atoms with E-state index in [0.717, 1.165) is 29.5 Å². The van der Waals surface area contributed by atoms with E-state index < -0.39 is 11.8 Å². The first-order valence-corrected chi connectivity index (χ1v) is 8.28. The molecule has 0 unspecified atom stereocenters. The van der Waals surface area contributed by atoms with Crippen LogP contribution in [0.2, 0.25) is 0 Å². The molecule has 0 atom stereocenters. The summed E-state index contributed by atoms with van der Waals surface area (Å²) in [6, 6.07) is 10.7. The van der Waals surface area contributed by atoms with Crippen LogP contribution >= 0.6 is 0 Å². The molecule has 0 saturated carbocycles. The Hall–Kier alpha value is -2.69. The Morgan fingerprint density at radius 2 is 1.62 bits per heavy atom. The van der Waals surface area contributed by atoms with Crippen molar-refractivity contribution in [1.82, 2.24) is 10.2 Å². The van der Waals surface area contributed by atoms with E-state index in [0.29, 0.717) is 23.1 Å². The lowest BCUT2D eigenvalue weighted by Gasteiger charge is -2.26. The molecule has 1 N–H and O–H groups in total. The van der Waals surface area contributed by atoms with Crippen LogP contribution in [0, 0.1) is 0 Å². The highest BCUT2D eigenvalue weighted by molar-refractivity contribution is 6.26. The van der Waals surface area contributed by atoms with Crippen LogP contribution < -0.4 is 5.32 Å². The zero-order valence-electron chi connectivity index (χ0n) is 13.7. The highest BCUT2D eigenvalue weighted by atomic mass is 16.2. The predicted octanol–water partition coefficient (Wildman–Crippen LogP) is 2.74. The Labute approximate surface area is 140 Å². The van der Waals surface area contributed by atoms with Gasteiger partial charge in [-0.15, -0.1) is 0 Å². The molecule has 5 nitrogen and oxygen atoms in total. The molecule has 3 rings (SSSR count). The van der Waals surface area contributed by atoms with Crippen molar-refractivity contribution in [2.24, 2.45) is 0 Å². The number of hydrogen-bond donors (Lipinski definition) is 1. The summed E-state index contributed by atoms with van der Waals surface area (Å²) in [5.74, 6) is -1.12. The fourth-order valence-corrected chi connectivity index (χ4v) is 3.03. The number of imide groups is 1. The summed E-state index contributed by atoms with van der Waals surface area (Å²) in [4.78, 5) is 38.4. The minimum Gasteiger partial charge on any atom is -0.355 e. The van der Waals surface area contributed by atoms with Gasteiger partial charge < -0.3 is 5.32 Å². The van der Waals surface area contributed by atoms with Gasteiger partial charge in [0.05, 0.1) is 0 Å². The van der Waals surface area contributed by atoms with Gasteiger partial charge in [-0.1, -0.05) is 44.0 Å². The Morgan fingerprint density at radius 3 is 2.21 bits per heavy atom. The van der Waals surface area contributed by atoms with Crippen molar-refractivity contribution in [1.29, 1.82) is 0 Å². The fraction of sp³-hybridized carbons (Fsp3) is 0.316. The SMILES string of the molecule is CCCCCNC(=O)CN1C(=O)c2cccc3cccc(c23)C1=O. The van der Waals surface area contributed by atoms with Crippen LogP contribution in [-0.2, 0) is 4.79 Å².